The summed E-state index contributed by atoms with van der Waals surface area (Å²) in [6, 6.07) is 5.76. The first-order valence-electron chi connectivity index (χ1n) is 5.01. The highest BCUT2D eigenvalue weighted by atomic mass is 32.2. The van der Waals surface area contributed by atoms with E-state index in [1.807, 2.05) is 35.8 Å². The molecule has 0 aromatic carbocycles. The Balaban J connectivity index is 2.03. The molecule has 7 heteroatoms. The summed E-state index contributed by atoms with van der Waals surface area (Å²) < 4.78 is 3.58. The topological polar surface area (TPSA) is 74.0 Å². The van der Waals surface area contributed by atoms with Gasteiger partial charge in [0.25, 0.3) is 0 Å². The number of aromatic nitrogens is 5. The summed E-state index contributed by atoms with van der Waals surface area (Å²) in [6.45, 7) is 0. The minimum absolute atomic E-state index is 0.644. The summed E-state index contributed by atoms with van der Waals surface area (Å²) in [5.74, 6) is 0. The van der Waals surface area contributed by atoms with E-state index in [0.717, 1.165) is 15.8 Å². The zero-order valence-corrected chi connectivity index (χ0v) is 9.92. The molecule has 0 atom stereocenters. The lowest BCUT2D eigenvalue weighted by Crippen LogP contribution is -1.89. The first-order chi connectivity index (χ1) is 8.24. The van der Waals surface area contributed by atoms with Crippen LogP contribution in [0.15, 0.2) is 40.8 Å². The number of hydrogen-bond acceptors (Lipinski definition) is 5. The van der Waals surface area contributed by atoms with Gasteiger partial charge in [0, 0.05) is 19.4 Å². The molecule has 2 N–H and O–H groups in total. The Bertz CT molecular complexity index is 670. The average molecular weight is 246 g/mol. The van der Waals surface area contributed by atoms with Crippen molar-refractivity contribution in [2.45, 2.75) is 10.2 Å². The zero-order valence-electron chi connectivity index (χ0n) is 9.11. The maximum absolute atomic E-state index is 5.84. The number of fused-ring (bicyclic) bond motifs is 1. The van der Waals surface area contributed by atoms with Crippen LogP contribution in [-0.4, -0.2) is 24.4 Å². The normalized spacial score (nSPS) is 11.1. The van der Waals surface area contributed by atoms with E-state index >= 15 is 0 Å². The maximum atomic E-state index is 5.84. The summed E-state index contributed by atoms with van der Waals surface area (Å²) in [5.41, 5.74) is 7.29. The first-order valence-corrected chi connectivity index (χ1v) is 5.82. The van der Waals surface area contributed by atoms with E-state index in [1.165, 1.54) is 11.8 Å². The molecule has 17 heavy (non-hydrogen) atoms. The van der Waals surface area contributed by atoms with Crippen LogP contribution in [0, 0.1) is 0 Å². The molecule has 0 aliphatic rings. The van der Waals surface area contributed by atoms with E-state index in [-0.39, 0.29) is 0 Å². The number of nitrogens with zero attached hydrogens (tertiary/aromatic N) is 5. The first kappa shape index (κ1) is 10.2. The number of rotatable bonds is 2. The molecule has 0 spiro atoms. The fourth-order valence-electron chi connectivity index (χ4n) is 1.54. The van der Waals surface area contributed by atoms with Crippen molar-refractivity contribution in [3.05, 3.63) is 30.6 Å². The smallest absolute Gasteiger partial charge is 0.202 e. The summed E-state index contributed by atoms with van der Waals surface area (Å²) in [4.78, 5) is 0. The molecular weight excluding hydrogens is 236 g/mol. The van der Waals surface area contributed by atoms with Crippen molar-refractivity contribution in [2.75, 3.05) is 5.73 Å². The Labute approximate surface area is 101 Å². The second kappa shape index (κ2) is 3.77. The highest BCUT2D eigenvalue weighted by molar-refractivity contribution is 7.99. The molecule has 0 unspecified atom stereocenters. The molecule has 0 fully saturated rings. The molecule has 0 bridgehead atoms. The minimum atomic E-state index is 0.644. The number of aryl methyl sites for hydroxylation is 1. The number of pyridine rings is 1. The lowest BCUT2D eigenvalue weighted by atomic mass is 10.5. The van der Waals surface area contributed by atoms with Gasteiger partial charge in [-0.2, -0.15) is 5.10 Å². The predicted molar refractivity (Wildman–Crippen MR) is 64.7 cm³/mol. The van der Waals surface area contributed by atoms with Gasteiger partial charge in [0.05, 0.1) is 5.69 Å². The Hall–Kier alpha value is -2.02. The van der Waals surface area contributed by atoms with Crippen molar-refractivity contribution in [1.82, 2.24) is 24.4 Å². The fourth-order valence-corrected chi connectivity index (χ4v) is 2.39. The highest BCUT2D eigenvalue weighted by Crippen LogP contribution is 2.29. The molecule has 0 radical (unpaired) electrons. The van der Waals surface area contributed by atoms with Crippen molar-refractivity contribution in [2.24, 2.45) is 7.05 Å². The molecule has 0 saturated carbocycles. The lowest BCUT2D eigenvalue weighted by molar-refractivity contribution is 0.737. The van der Waals surface area contributed by atoms with Gasteiger partial charge in [0.2, 0.25) is 5.16 Å². The van der Waals surface area contributed by atoms with Gasteiger partial charge in [-0.1, -0.05) is 6.07 Å². The molecule has 86 valence electrons. The van der Waals surface area contributed by atoms with Gasteiger partial charge in [0.1, 0.15) is 5.03 Å². The van der Waals surface area contributed by atoms with Crippen LogP contribution >= 0.6 is 11.8 Å². The number of anilines is 1. The molecule has 3 rings (SSSR count). The third-order valence-corrected chi connectivity index (χ3v) is 3.26. The molecule has 0 amide bonds. The summed E-state index contributed by atoms with van der Waals surface area (Å²) in [6.07, 6.45) is 3.68. The van der Waals surface area contributed by atoms with E-state index in [9.17, 15) is 0 Å². The Morgan fingerprint density at radius 1 is 1.29 bits per heavy atom. The monoisotopic (exact) mass is 246 g/mol. The van der Waals surface area contributed by atoms with Crippen LogP contribution in [-0.2, 0) is 7.05 Å². The quantitative estimate of drug-likeness (QED) is 0.735. The standard InChI is InChI=1S/C10H10N6S/c1-15-6-7(11)9(14-15)17-10-13-12-8-4-2-3-5-16(8)10/h2-6H,11H2,1H3. The van der Waals surface area contributed by atoms with Gasteiger partial charge in [-0.05, 0) is 23.9 Å². The third kappa shape index (κ3) is 1.74. The van der Waals surface area contributed by atoms with Gasteiger partial charge in [-0.15, -0.1) is 10.2 Å². The van der Waals surface area contributed by atoms with Crippen molar-refractivity contribution >= 4 is 23.1 Å². The average Bonchev–Trinajstić information content (AvgIpc) is 2.85. The van der Waals surface area contributed by atoms with Crippen molar-refractivity contribution in [3.8, 4) is 0 Å². The zero-order chi connectivity index (χ0) is 11.8. The molecule has 6 nitrogen and oxygen atoms in total. The molecule has 3 aromatic rings. The van der Waals surface area contributed by atoms with Crippen molar-refractivity contribution in [3.63, 3.8) is 0 Å². The number of nitrogens with two attached hydrogens (primary N) is 1. The SMILES string of the molecule is Cn1cc(N)c(Sc2nnc3ccccn23)n1. The van der Waals surface area contributed by atoms with Crippen molar-refractivity contribution in [1.29, 1.82) is 0 Å². The molecular formula is C10H10N6S. The van der Waals surface area contributed by atoms with E-state index in [2.05, 4.69) is 15.3 Å². The summed E-state index contributed by atoms with van der Waals surface area (Å²) >= 11 is 1.40. The maximum Gasteiger partial charge on any atom is 0.202 e. The van der Waals surface area contributed by atoms with Gasteiger partial charge in [-0.25, -0.2) is 0 Å². The van der Waals surface area contributed by atoms with E-state index in [0.29, 0.717) is 5.69 Å². The Morgan fingerprint density at radius 2 is 2.18 bits per heavy atom. The van der Waals surface area contributed by atoms with Crippen LogP contribution in [0.5, 0.6) is 0 Å². The van der Waals surface area contributed by atoms with Crippen LogP contribution in [0.2, 0.25) is 0 Å². The van der Waals surface area contributed by atoms with Crippen LogP contribution in [0.3, 0.4) is 0 Å². The van der Waals surface area contributed by atoms with E-state index in [1.54, 1.807) is 10.9 Å². The largest absolute Gasteiger partial charge is 0.395 e. The van der Waals surface area contributed by atoms with Crippen molar-refractivity contribution < 1.29 is 0 Å². The van der Waals surface area contributed by atoms with Gasteiger partial charge in [0.15, 0.2) is 5.65 Å². The van der Waals surface area contributed by atoms with Crippen LogP contribution < -0.4 is 5.73 Å². The number of nitrogen functional groups attached to an aromatic ring is 1. The second-order valence-corrected chi connectivity index (χ2v) is 4.53. The molecule has 0 aliphatic carbocycles. The van der Waals surface area contributed by atoms with Gasteiger partial charge in [-0.3, -0.25) is 9.08 Å². The second-order valence-electron chi connectivity index (χ2n) is 3.58. The lowest BCUT2D eigenvalue weighted by Gasteiger charge is -1.97. The predicted octanol–water partition coefficient (Wildman–Crippen LogP) is 1.20. The number of hydrogen-bond donors (Lipinski definition) is 1. The van der Waals surface area contributed by atoms with Gasteiger partial charge >= 0.3 is 0 Å². The van der Waals surface area contributed by atoms with Crippen LogP contribution in [0.25, 0.3) is 5.65 Å². The summed E-state index contributed by atoms with van der Waals surface area (Å²) in [7, 11) is 1.84. The van der Waals surface area contributed by atoms with Crippen LogP contribution in [0.1, 0.15) is 0 Å². The molecule has 3 aromatic heterocycles. The van der Waals surface area contributed by atoms with E-state index in [4.69, 9.17) is 5.73 Å². The summed E-state index contributed by atoms with van der Waals surface area (Å²) in [5, 5.41) is 13.9. The van der Waals surface area contributed by atoms with Gasteiger partial charge < -0.3 is 5.73 Å². The highest BCUT2D eigenvalue weighted by Gasteiger charge is 2.11. The fraction of sp³-hybridized carbons (Fsp3) is 0.100. The molecule has 3 heterocycles. The van der Waals surface area contributed by atoms with E-state index < -0.39 is 0 Å². The third-order valence-electron chi connectivity index (χ3n) is 2.29. The molecule has 0 saturated heterocycles. The van der Waals surface area contributed by atoms with Crippen LogP contribution in [0.4, 0.5) is 5.69 Å². The Kier molecular flexibility index (Phi) is 2.25. The Morgan fingerprint density at radius 3 is 2.94 bits per heavy atom. The minimum Gasteiger partial charge on any atom is -0.395 e. The molecule has 0 aliphatic heterocycles.